The number of hydrogen-bond donors (Lipinski definition) is 2. The third-order valence-corrected chi connectivity index (χ3v) is 2.57. The molecular formula is C6H11NO2S. The lowest BCUT2D eigenvalue weighted by molar-refractivity contribution is -0.126. The number of rotatable bonds is 3. The average Bonchev–Trinajstić information content (AvgIpc) is 1.84. The fraction of sp³-hybridized carbons (Fsp3) is 0.833. The van der Waals surface area contributed by atoms with E-state index in [0.717, 1.165) is 0 Å². The number of aliphatic hydroxyl groups is 1. The van der Waals surface area contributed by atoms with Gasteiger partial charge in [0.25, 0.3) is 0 Å². The number of amides is 1. The van der Waals surface area contributed by atoms with Crippen molar-refractivity contribution in [2.75, 3.05) is 6.61 Å². The Morgan fingerprint density at radius 1 is 2.00 bits per heavy atom. The summed E-state index contributed by atoms with van der Waals surface area (Å²) in [6.45, 7) is 2.12. The molecule has 2 atom stereocenters. The first-order chi connectivity index (χ1) is 4.72. The van der Waals surface area contributed by atoms with Crippen molar-refractivity contribution in [1.29, 1.82) is 0 Å². The lowest BCUT2D eigenvalue weighted by Gasteiger charge is -2.27. The standard InChI is InChI=1S/C6H11NO2S/c1-4(3-8)10-6-2-5(9)7-6/h4,6,8H,2-3H2,1H3,(H,7,9)/t4-,6+/m1/s1. The second-order valence-electron chi connectivity index (χ2n) is 2.39. The molecule has 0 aromatic carbocycles. The summed E-state index contributed by atoms with van der Waals surface area (Å²) in [6.07, 6.45) is 0.606. The highest BCUT2D eigenvalue weighted by Gasteiger charge is 2.26. The summed E-state index contributed by atoms with van der Waals surface area (Å²) in [4.78, 5) is 10.4. The van der Waals surface area contributed by atoms with Crippen LogP contribution in [0.3, 0.4) is 0 Å². The maximum atomic E-state index is 10.4. The molecule has 0 spiro atoms. The molecule has 1 heterocycles. The summed E-state index contributed by atoms with van der Waals surface area (Å²) in [7, 11) is 0. The lowest BCUT2D eigenvalue weighted by atomic mass is 10.3. The Morgan fingerprint density at radius 3 is 3.00 bits per heavy atom. The third-order valence-electron chi connectivity index (χ3n) is 1.35. The van der Waals surface area contributed by atoms with Crippen LogP contribution >= 0.6 is 11.8 Å². The van der Waals surface area contributed by atoms with Gasteiger partial charge in [-0.3, -0.25) is 4.79 Å². The molecule has 58 valence electrons. The van der Waals surface area contributed by atoms with Gasteiger partial charge in [0.15, 0.2) is 0 Å². The van der Waals surface area contributed by atoms with E-state index in [2.05, 4.69) is 5.32 Å². The molecule has 1 fully saturated rings. The minimum atomic E-state index is 0.114. The highest BCUT2D eigenvalue weighted by Crippen LogP contribution is 2.22. The molecule has 1 rings (SSSR count). The topological polar surface area (TPSA) is 49.3 Å². The minimum Gasteiger partial charge on any atom is -0.395 e. The van der Waals surface area contributed by atoms with Crippen LogP contribution in [-0.4, -0.2) is 28.2 Å². The summed E-state index contributed by atoms with van der Waals surface area (Å²) >= 11 is 1.61. The molecule has 0 saturated carbocycles. The molecule has 1 saturated heterocycles. The van der Waals surface area contributed by atoms with Gasteiger partial charge in [-0.05, 0) is 0 Å². The molecule has 2 N–H and O–H groups in total. The van der Waals surface area contributed by atoms with E-state index in [9.17, 15) is 4.79 Å². The van der Waals surface area contributed by atoms with E-state index in [1.165, 1.54) is 0 Å². The zero-order chi connectivity index (χ0) is 7.56. The van der Waals surface area contributed by atoms with Crippen LogP contribution in [0, 0.1) is 0 Å². The van der Waals surface area contributed by atoms with Crippen LogP contribution in [0.2, 0.25) is 0 Å². The highest BCUT2D eigenvalue weighted by molar-refractivity contribution is 8.00. The van der Waals surface area contributed by atoms with Crippen LogP contribution in [-0.2, 0) is 4.79 Å². The largest absolute Gasteiger partial charge is 0.395 e. The molecule has 0 aromatic rings. The molecule has 0 aromatic heterocycles. The molecular weight excluding hydrogens is 150 g/mol. The van der Waals surface area contributed by atoms with Crippen LogP contribution in [0.25, 0.3) is 0 Å². The summed E-state index contributed by atoms with van der Waals surface area (Å²) in [6, 6.07) is 0. The minimum absolute atomic E-state index is 0.114. The van der Waals surface area contributed by atoms with Gasteiger partial charge in [0, 0.05) is 5.25 Å². The highest BCUT2D eigenvalue weighted by atomic mass is 32.2. The Balaban J connectivity index is 2.10. The zero-order valence-electron chi connectivity index (χ0n) is 5.83. The second kappa shape index (κ2) is 3.25. The van der Waals surface area contributed by atoms with Gasteiger partial charge in [0.1, 0.15) is 0 Å². The van der Waals surface area contributed by atoms with Crippen LogP contribution in [0.15, 0.2) is 0 Å². The average molecular weight is 161 g/mol. The van der Waals surface area contributed by atoms with E-state index in [1.807, 2.05) is 6.92 Å². The fourth-order valence-corrected chi connectivity index (χ4v) is 1.83. The number of thioether (sulfide) groups is 1. The quantitative estimate of drug-likeness (QED) is 0.570. The Hall–Kier alpha value is -0.220. The first-order valence-corrected chi connectivity index (χ1v) is 4.22. The van der Waals surface area contributed by atoms with Crippen molar-refractivity contribution >= 4 is 17.7 Å². The summed E-state index contributed by atoms with van der Waals surface area (Å²) in [5.41, 5.74) is 0. The van der Waals surface area contributed by atoms with Gasteiger partial charge in [-0.2, -0.15) is 0 Å². The van der Waals surface area contributed by atoms with Gasteiger partial charge in [0.05, 0.1) is 18.4 Å². The summed E-state index contributed by atoms with van der Waals surface area (Å²) in [5, 5.41) is 11.8. The number of hydrogen-bond acceptors (Lipinski definition) is 3. The van der Waals surface area contributed by atoms with Gasteiger partial charge in [-0.1, -0.05) is 6.92 Å². The van der Waals surface area contributed by atoms with Gasteiger partial charge in [-0.15, -0.1) is 11.8 Å². The maximum absolute atomic E-state index is 10.4. The van der Waals surface area contributed by atoms with Gasteiger partial charge in [-0.25, -0.2) is 0 Å². The third kappa shape index (κ3) is 1.88. The van der Waals surface area contributed by atoms with Crippen molar-refractivity contribution in [3.8, 4) is 0 Å². The Bertz CT molecular complexity index is 132. The molecule has 0 unspecified atom stereocenters. The van der Waals surface area contributed by atoms with Crippen molar-refractivity contribution in [3.05, 3.63) is 0 Å². The molecule has 1 aliphatic rings. The predicted molar refractivity (Wildman–Crippen MR) is 40.7 cm³/mol. The lowest BCUT2D eigenvalue weighted by Crippen LogP contribution is -2.47. The van der Waals surface area contributed by atoms with Crippen molar-refractivity contribution < 1.29 is 9.90 Å². The van der Waals surface area contributed by atoms with Crippen molar-refractivity contribution in [2.45, 2.75) is 24.0 Å². The Kier molecular flexibility index (Phi) is 2.56. The summed E-state index contributed by atoms with van der Waals surface area (Å²) < 4.78 is 0. The monoisotopic (exact) mass is 161 g/mol. The van der Waals surface area contributed by atoms with Crippen LogP contribution in [0.5, 0.6) is 0 Å². The zero-order valence-corrected chi connectivity index (χ0v) is 6.65. The predicted octanol–water partition coefficient (Wildman–Crippen LogP) is -0.0536. The fourth-order valence-electron chi connectivity index (χ4n) is 0.732. The number of β-lactam (4-membered cyclic amide) rings is 1. The molecule has 0 bridgehead atoms. The number of nitrogens with one attached hydrogen (secondary N) is 1. The van der Waals surface area contributed by atoms with E-state index in [1.54, 1.807) is 11.8 Å². The van der Waals surface area contributed by atoms with E-state index in [4.69, 9.17) is 5.11 Å². The molecule has 0 radical (unpaired) electrons. The second-order valence-corrected chi connectivity index (χ2v) is 4.04. The van der Waals surface area contributed by atoms with Crippen LogP contribution in [0.1, 0.15) is 13.3 Å². The number of carbonyl (C=O) groups is 1. The van der Waals surface area contributed by atoms with Crippen molar-refractivity contribution in [2.24, 2.45) is 0 Å². The Labute approximate surface area is 64.2 Å². The van der Waals surface area contributed by atoms with Crippen LogP contribution in [0.4, 0.5) is 0 Å². The molecule has 1 aliphatic heterocycles. The Morgan fingerprint density at radius 2 is 2.60 bits per heavy atom. The first-order valence-electron chi connectivity index (χ1n) is 3.28. The van der Waals surface area contributed by atoms with E-state index >= 15 is 0 Å². The molecule has 4 heteroatoms. The summed E-state index contributed by atoms with van der Waals surface area (Å²) in [5.74, 6) is 0.114. The first kappa shape index (κ1) is 7.88. The van der Waals surface area contributed by atoms with E-state index in [0.29, 0.717) is 6.42 Å². The van der Waals surface area contributed by atoms with Crippen LogP contribution < -0.4 is 5.32 Å². The molecule has 1 amide bonds. The van der Waals surface area contributed by atoms with E-state index in [-0.39, 0.29) is 23.1 Å². The molecule has 10 heavy (non-hydrogen) atoms. The van der Waals surface area contributed by atoms with Gasteiger partial charge < -0.3 is 10.4 Å². The van der Waals surface area contributed by atoms with Crippen molar-refractivity contribution in [1.82, 2.24) is 5.32 Å². The molecule has 3 nitrogen and oxygen atoms in total. The molecule has 0 aliphatic carbocycles. The van der Waals surface area contributed by atoms with Gasteiger partial charge in [0.2, 0.25) is 5.91 Å². The SMILES string of the molecule is C[C@H](CO)S[C@H]1CC(=O)N1. The number of aliphatic hydroxyl groups excluding tert-OH is 1. The normalized spacial score (nSPS) is 27.0. The number of carbonyl (C=O) groups excluding carboxylic acids is 1. The smallest absolute Gasteiger partial charge is 0.223 e. The van der Waals surface area contributed by atoms with Gasteiger partial charge >= 0.3 is 0 Å². The van der Waals surface area contributed by atoms with Crippen molar-refractivity contribution in [3.63, 3.8) is 0 Å². The maximum Gasteiger partial charge on any atom is 0.223 e. The van der Waals surface area contributed by atoms with E-state index < -0.39 is 0 Å².